The first-order valence-corrected chi connectivity index (χ1v) is 10.6. The minimum Gasteiger partial charge on any atom is -0.481 e. The Hall–Kier alpha value is -2.92. The molecule has 30 heavy (non-hydrogen) atoms. The second kappa shape index (κ2) is 9.72. The third kappa shape index (κ3) is 4.79. The largest absolute Gasteiger partial charge is 0.481 e. The number of likely N-dealkylation sites (tertiary alicyclic amines) is 1. The summed E-state index contributed by atoms with van der Waals surface area (Å²) in [4.78, 5) is 11.4. The van der Waals surface area contributed by atoms with Gasteiger partial charge in [0.05, 0.1) is 7.11 Å². The minimum atomic E-state index is 0.346. The van der Waals surface area contributed by atoms with Gasteiger partial charge in [-0.1, -0.05) is 55.0 Å². The molecule has 156 valence electrons. The van der Waals surface area contributed by atoms with Crippen LogP contribution in [0.2, 0.25) is 0 Å². The Labute approximate surface area is 178 Å². The number of hydrogen-bond donors (Lipinski definition) is 0. The van der Waals surface area contributed by atoms with Gasteiger partial charge in [0.25, 0.3) is 0 Å². The second-order valence-corrected chi connectivity index (χ2v) is 7.77. The van der Waals surface area contributed by atoms with Crippen LogP contribution in [0.5, 0.6) is 11.9 Å². The fourth-order valence-corrected chi connectivity index (χ4v) is 4.00. The average Bonchev–Trinajstić information content (AvgIpc) is 2.80. The van der Waals surface area contributed by atoms with E-state index in [-0.39, 0.29) is 0 Å². The molecule has 2 aromatic carbocycles. The van der Waals surface area contributed by atoms with Crippen LogP contribution in [0.1, 0.15) is 36.0 Å². The SMILES string of the molecule is COc1nc(OCc2cccc(-c3ccccc3)c2C)ncc1CN1CCCCC1. The molecule has 0 aliphatic carbocycles. The molecule has 0 N–H and O–H groups in total. The van der Waals surface area contributed by atoms with Gasteiger partial charge in [-0.05, 0) is 55.1 Å². The monoisotopic (exact) mass is 403 g/mol. The van der Waals surface area contributed by atoms with Crippen LogP contribution >= 0.6 is 0 Å². The normalized spacial score (nSPS) is 14.5. The highest BCUT2D eigenvalue weighted by Gasteiger charge is 2.16. The highest BCUT2D eigenvalue weighted by atomic mass is 16.5. The zero-order chi connectivity index (χ0) is 20.8. The van der Waals surface area contributed by atoms with Gasteiger partial charge in [0.2, 0.25) is 5.88 Å². The van der Waals surface area contributed by atoms with Crippen LogP contribution in [0.4, 0.5) is 0 Å². The van der Waals surface area contributed by atoms with Crippen LogP contribution in [0.25, 0.3) is 11.1 Å². The number of aromatic nitrogens is 2. The zero-order valence-electron chi connectivity index (χ0n) is 17.8. The Morgan fingerprint density at radius 1 is 0.933 bits per heavy atom. The van der Waals surface area contributed by atoms with Gasteiger partial charge < -0.3 is 9.47 Å². The van der Waals surface area contributed by atoms with E-state index >= 15 is 0 Å². The highest BCUT2D eigenvalue weighted by molar-refractivity contribution is 5.68. The number of nitrogens with zero attached hydrogens (tertiary/aromatic N) is 3. The third-order valence-electron chi connectivity index (χ3n) is 5.73. The molecule has 0 atom stereocenters. The Bertz CT molecular complexity index is 969. The smallest absolute Gasteiger partial charge is 0.320 e. The van der Waals surface area contributed by atoms with Crippen molar-refractivity contribution in [2.45, 2.75) is 39.3 Å². The molecule has 0 saturated carbocycles. The van der Waals surface area contributed by atoms with E-state index in [0.29, 0.717) is 18.5 Å². The van der Waals surface area contributed by atoms with Crippen LogP contribution in [0.3, 0.4) is 0 Å². The predicted octanol–water partition coefficient (Wildman–Crippen LogP) is 5.03. The average molecular weight is 404 g/mol. The topological polar surface area (TPSA) is 47.5 Å². The second-order valence-electron chi connectivity index (χ2n) is 7.77. The summed E-state index contributed by atoms with van der Waals surface area (Å²) >= 11 is 0. The van der Waals surface area contributed by atoms with Gasteiger partial charge >= 0.3 is 6.01 Å². The van der Waals surface area contributed by atoms with Crippen molar-refractivity contribution in [1.29, 1.82) is 0 Å². The molecular weight excluding hydrogens is 374 g/mol. The summed E-state index contributed by atoms with van der Waals surface area (Å²) in [5.74, 6) is 0.598. The molecule has 0 radical (unpaired) electrons. The van der Waals surface area contributed by atoms with Gasteiger partial charge in [-0.3, -0.25) is 4.90 Å². The maximum Gasteiger partial charge on any atom is 0.320 e. The molecule has 1 saturated heterocycles. The first-order valence-electron chi connectivity index (χ1n) is 10.6. The molecule has 1 aromatic heterocycles. The van der Waals surface area contributed by atoms with Crippen molar-refractivity contribution < 1.29 is 9.47 Å². The van der Waals surface area contributed by atoms with Gasteiger partial charge in [-0.2, -0.15) is 4.98 Å². The summed E-state index contributed by atoms with van der Waals surface area (Å²) < 4.78 is 11.5. The zero-order valence-corrected chi connectivity index (χ0v) is 17.8. The Kier molecular flexibility index (Phi) is 6.60. The van der Waals surface area contributed by atoms with Gasteiger partial charge in [-0.25, -0.2) is 4.98 Å². The van der Waals surface area contributed by atoms with Crippen molar-refractivity contribution in [1.82, 2.24) is 14.9 Å². The van der Waals surface area contributed by atoms with E-state index in [1.165, 1.54) is 36.0 Å². The van der Waals surface area contributed by atoms with Crippen LogP contribution < -0.4 is 9.47 Å². The molecule has 1 aliphatic heterocycles. The van der Waals surface area contributed by atoms with E-state index in [1.54, 1.807) is 7.11 Å². The molecule has 4 rings (SSSR count). The molecule has 1 aliphatic rings. The number of rotatable bonds is 7. The first kappa shape index (κ1) is 20.4. The lowest BCUT2D eigenvalue weighted by molar-refractivity contribution is 0.215. The molecular formula is C25H29N3O2. The van der Waals surface area contributed by atoms with Gasteiger partial charge in [0.15, 0.2) is 0 Å². The van der Waals surface area contributed by atoms with Crippen molar-refractivity contribution in [3.8, 4) is 23.0 Å². The molecule has 0 amide bonds. The van der Waals surface area contributed by atoms with E-state index in [4.69, 9.17) is 9.47 Å². The summed E-state index contributed by atoms with van der Waals surface area (Å²) in [6.45, 7) is 5.61. The van der Waals surface area contributed by atoms with Crippen molar-refractivity contribution in [3.63, 3.8) is 0 Å². The summed E-state index contributed by atoms with van der Waals surface area (Å²) in [7, 11) is 1.65. The summed E-state index contributed by atoms with van der Waals surface area (Å²) in [6, 6.07) is 17.0. The van der Waals surface area contributed by atoms with Crippen LogP contribution in [-0.4, -0.2) is 35.1 Å². The quantitative estimate of drug-likeness (QED) is 0.554. The van der Waals surface area contributed by atoms with E-state index in [2.05, 4.69) is 64.3 Å². The fraction of sp³-hybridized carbons (Fsp3) is 0.360. The molecule has 5 nitrogen and oxygen atoms in total. The molecule has 1 fully saturated rings. The van der Waals surface area contributed by atoms with Gasteiger partial charge in [-0.15, -0.1) is 0 Å². The molecule has 0 spiro atoms. The van der Waals surface area contributed by atoms with E-state index < -0.39 is 0 Å². The lowest BCUT2D eigenvalue weighted by Gasteiger charge is -2.26. The van der Waals surface area contributed by atoms with E-state index in [9.17, 15) is 0 Å². The van der Waals surface area contributed by atoms with Crippen LogP contribution in [-0.2, 0) is 13.2 Å². The Morgan fingerprint density at radius 3 is 2.50 bits per heavy atom. The number of ether oxygens (including phenoxy) is 2. The minimum absolute atomic E-state index is 0.346. The van der Waals surface area contributed by atoms with E-state index in [0.717, 1.165) is 30.8 Å². The van der Waals surface area contributed by atoms with Crippen molar-refractivity contribution in [3.05, 3.63) is 71.4 Å². The number of hydrogen-bond acceptors (Lipinski definition) is 5. The number of benzene rings is 2. The summed E-state index contributed by atoms with van der Waals surface area (Å²) in [5.41, 5.74) is 5.76. The predicted molar refractivity (Wildman–Crippen MR) is 119 cm³/mol. The van der Waals surface area contributed by atoms with E-state index in [1.807, 2.05) is 12.3 Å². The maximum atomic E-state index is 5.94. The van der Waals surface area contributed by atoms with Gasteiger partial charge in [0.1, 0.15) is 6.61 Å². The Morgan fingerprint density at radius 2 is 1.73 bits per heavy atom. The number of piperidine rings is 1. The number of methoxy groups -OCH3 is 1. The Balaban J connectivity index is 1.46. The van der Waals surface area contributed by atoms with Crippen LogP contribution in [0, 0.1) is 6.92 Å². The van der Waals surface area contributed by atoms with Crippen molar-refractivity contribution in [2.24, 2.45) is 0 Å². The fourth-order valence-electron chi connectivity index (χ4n) is 4.00. The lowest BCUT2D eigenvalue weighted by Crippen LogP contribution is -2.29. The molecule has 0 bridgehead atoms. The van der Waals surface area contributed by atoms with Crippen LogP contribution in [0.15, 0.2) is 54.7 Å². The lowest BCUT2D eigenvalue weighted by atomic mass is 9.97. The maximum absolute atomic E-state index is 5.94. The third-order valence-corrected chi connectivity index (χ3v) is 5.73. The summed E-state index contributed by atoms with van der Waals surface area (Å²) in [5, 5.41) is 0. The highest BCUT2D eigenvalue weighted by Crippen LogP contribution is 2.27. The van der Waals surface area contributed by atoms with Crippen molar-refractivity contribution in [2.75, 3.05) is 20.2 Å². The standard InChI is InChI=1S/C25H29N3O2/c1-19-21(12-9-13-23(19)20-10-5-3-6-11-20)18-30-25-26-16-22(24(27-25)29-2)17-28-14-7-4-8-15-28/h3,5-6,9-13,16H,4,7-8,14-15,17-18H2,1-2H3. The van der Waals surface area contributed by atoms with Crippen molar-refractivity contribution >= 4 is 0 Å². The first-order chi connectivity index (χ1) is 14.7. The molecule has 5 heteroatoms. The van der Waals surface area contributed by atoms with Gasteiger partial charge in [0, 0.05) is 18.3 Å². The summed E-state index contributed by atoms with van der Waals surface area (Å²) in [6.07, 6.45) is 5.67. The molecule has 2 heterocycles. The molecule has 3 aromatic rings. The molecule has 0 unspecified atom stereocenters.